The minimum atomic E-state index is -0.128. The van der Waals surface area contributed by atoms with E-state index in [4.69, 9.17) is 0 Å². The van der Waals surface area contributed by atoms with E-state index in [1.165, 1.54) is 23.1 Å². The molecule has 0 spiro atoms. The lowest BCUT2D eigenvalue weighted by Gasteiger charge is -1.99. The summed E-state index contributed by atoms with van der Waals surface area (Å²) in [5.41, 5.74) is 0.963. The number of aromatic amines is 1. The zero-order valence-corrected chi connectivity index (χ0v) is 14.0. The van der Waals surface area contributed by atoms with Gasteiger partial charge in [-0.05, 0) is 35.3 Å². The maximum atomic E-state index is 12.0. The number of hydrogen-bond donors (Lipinski definition) is 2. The van der Waals surface area contributed by atoms with Crippen molar-refractivity contribution < 1.29 is 9.48 Å². The number of aromatic nitrogens is 5. The summed E-state index contributed by atoms with van der Waals surface area (Å²) in [4.78, 5) is 16.3. The van der Waals surface area contributed by atoms with Gasteiger partial charge in [-0.25, -0.2) is 0 Å². The molecule has 3 rings (SSSR count). The van der Waals surface area contributed by atoms with Crippen molar-refractivity contribution in [1.82, 2.24) is 20.3 Å². The van der Waals surface area contributed by atoms with Crippen molar-refractivity contribution in [1.29, 1.82) is 0 Å². The van der Waals surface area contributed by atoms with Gasteiger partial charge in [0.1, 0.15) is 5.01 Å². The van der Waals surface area contributed by atoms with E-state index >= 15 is 0 Å². The van der Waals surface area contributed by atoms with Gasteiger partial charge in [-0.15, -0.1) is 14.9 Å². The largest absolute Gasteiger partial charge is 0.385 e. The molecule has 0 fully saturated rings. The Bertz CT molecular complexity index is 785. The van der Waals surface area contributed by atoms with Gasteiger partial charge in [0.05, 0.1) is 5.75 Å². The number of para-hydroxylation sites is 1. The minimum absolute atomic E-state index is 0.128. The van der Waals surface area contributed by atoms with Crippen LogP contribution in [-0.4, -0.2) is 31.9 Å². The standard InChI is InChI=1S/C14H14N6OS2/c1-2-12-18-19-13(23-12)17-11(21)8-22-14-15-9-16-20(14)10-6-4-3-5-7-10/h3-7,9H,2,8H2,1H3,(H,17,19,21)/p+1. The molecular formula is C14H15N6OS2+. The first-order valence-corrected chi connectivity index (χ1v) is 8.82. The minimum Gasteiger partial charge on any atom is -0.300 e. The number of thioether (sulfide) groups is 1. The first-order chi connectivity index (χ1) is 11.3. The number of hydrogen-bond acceptors (Lipinski definition) is 6. The number of amides is 1. The highest BCUT2D eigenvalue weighted by Gasteiger charge is 2.18. The molecule has 0 atom stereocenters. The second-order valence-electron chi connectivity index (χ2n) is 4.53. The summed E-state index contributed by atoms with van der Waals surface area (Å²) >= 11 is 2.75. The van der Waals surface area contributed by atoms with Crippen LogP contribution in [0.25, 0.3) is 5.69 Å². The smallest absolute Gasteiger partial charge is 0.300 e. The van der Waals surface area contributed by atoms with Crippen LogP contribution in [0.2, 0.25) is 0 Å². The third-order valence-electron chi connectivity index (χ3n) is 2.92. The molecule has 1 amide bonds. The first kappa shape index (κ1) is 15.6. The van der Waals surface area contributed by atoms with Crippen molar-refractivity contribution in [3.8, 4) is 5.69 Å². The third-order valence-corrected chi connectivity index (χ3v) is 4.85. The van der Waals surface area contributed by atoms with E-state index in [9.17, 15) is 4.79 Å². The number of nitrogens with zero attached hydrogens (tertiary/aromatic N) is 4. The Morgan fingerprint density at radius 2 is 2.17 bits per heavy atom. The van der Waals surface area contributed by atoms with Crippen LogP contribution in [0.3, 0.4) is 0 Å². The van der Waals surface area contributed by atoms with Gasteiger partial charge in [0.15, 0.2) is 5.69 Å². The summed E-state index contributed by atoms with van der Waals surface area (Å²) in [6, 6.07) is 9.79. The molecule has 0 saturated heterocycles. The fraction of sp³-hybridized carbons (Fsp3) is 0.214. The van der Waals surface area contributed by atoms with E-state index in [1.807, 2.05) is 41.9 Å². The predicted molar refractivity (Wildman–Crippen MR) is 88.8 cm³/mol. The van der Waals surface area contributed by atoms with E-state index in [1.54, 1.807) is 6.33 Å². The summed E-state index contributed by atoms with van der Waals surface area (Å²) < 4.78 is 1.83. The average Bonchev–Trinajstić information content (AvgIpc) is 3.22. The molecule has 1 aromatic carbocycles. The number of nitrogens with one attached hydrogen (secondary N) is 2. The summed E-state index contributed by atoms with van der Waals surface area (Å²) in [6.45, 7) is 2.00. The van der Waals surface area contributed by atoms with Gasteiger partial charge in [0.25, 0.3) is 0 Å². The van der Waals surface area contributed by atoms with E-state index in [0.29, 0.717) is 5.13 Å². The maximum Gasteiger partial charge on any atom is 0.385 e. The Balaban J connectivity index is 1.60. The summed E-state index contributed by atoms with van der Waals surface area (Å²) in [6.07, 6.45) is 2.41. The Morgan fingerprint density at radius 1 is 1.35 bits per heavy atom. The summed E-state index contributed by atoms with van der Waals surface area (Å²) in [5.74, 6) is 0.120. The molecule has 2 aromatic heterocycles. The zero-order valence-electron chi connectivity index (χ0n) is 12.4. The van der Waals surface area contributed by atoms with E-state index in [-0.39, 0.29) is 11.7 Å². The van der Waals surface area contributed by atoms with Crippen LogP contribution in [0, 0.1) is 0 Å². The topological polar surface area (TPSA) is 87.4 Å². The molecule has 0 radical (unpaired) electrons. The van der Waals surface area contributed by atoms with Crippen molar-refractivity contribution in [3.63, 3.8) is 0 Å². The molecule has 3 aromatic rings. The van der Waals surface area contributed by atoms with Crippen molar-refractivity contribution >= 4 is 34.1 Å². The SMILES string of the molecule is CCc1nnc(NC(=O)CSc2nc[nH][n+]2-c2ccccc2)s1. The number of rotatable bonds is 6. The quantitative estimate of drug-likeness (QED) is 0.525. The van der Waals surface area contributed by atoms with Crippen molar-refractivity contribution in [2.45, 2.75) is 18.5 Å². The molecule has 0 bridgehead atoms. The molecule has 7 nitrogen and oxygen atoms in total. The lowest BCUT2D eigenvalue weighted by atomic mass is 10.3. The summed E-state index contributed by atoms with van der Waals surface area (Å²) in [5, 5.41) is 15.9. The molecule has 0 aliphatic heterocycles. The highest BCUT2D eigenvalue weighted by Crippen LogP contribution is 2.17. The highest BCUT2D eigenvalue weighted by atomic mass is 32.2. The van der Waals surface area contributed by atoms with Gasteiger partial charge < -0.3 is 0 Å². The second-order valence-corrected chi connectivity index (χ2v) is 6.54. The van der Waals surface area contributed by atoms with E-state index in [0.717, 1.165) is 22.3 Å². The van der Waals surface area contributed by atoms with Crippen LogP contribution < -0.4 is 10.00 Å². The van der Waals surface area contributed by atoms with E-state index < -0.39 is 0 Å². The van der Waals surface area contributed by atoms with Gasteiger partial charge in [-0.1, -0.05) is 36.5 Å². The fourth-order valence-electron chi connectivity index (χ4n) is 1.85. The molecule has 23 heavy (non-hydrogen) atoms. The Labute approximate surface area is 141 Å². The van der Waals surface area contributed by atoms with Gasteiger partial charge >= 0.3 is 5.16 Å². The molecule has 0 unspecified atom stereocenters. The fourth-order valence-corrected chi connectivity index (χ4v) is 3.29. The number of benzene rings is 1. The van der Waals surface area contributed by atoms with Gasteiger partial charge in [-0.3, -0.25) is 10.1 Å². The van der Waals surface area contributed by atoms with Crippen LogP contribution in [0.5, 0.6) is 0 Å². The Morgan fingerprint density at radius 3 is 2.91 bits per heavy atom. The molecule has 2 heterocycles. The number of H-pyrrole nitrogens is 1. The van der Waals surface area contributed by atoms with Crippen LogP contribution in [0.15, 0.2) is 41.8 Å². The highest BCUT2D eigenvalue weighted by molar-refractivity contribution is 7.99. The molecule has 0 saturated carbocycles. The van der Waals surface area contributed by atoms with Crippen LogP contribution in [0.4, 0.5) is 5.13 Å². The predicted octanol–water partition coefficient (Wildman–Crippen LogP) is 1.83. The normalized spacial score (nSPS) is 10.7. The average molecular weight is 347 g/mol. The van der Waals surface area contributed by atoms with Gasteiger partial charge in [-0.2, -0.15) is 5.10 Å². The lowest BCUT2D eigenvalue weighted by molar-refractivity contribution is -0.694. The number of carbonyl (C=O) groups excluding carboxylic acids is 1. The van der Waals surface area contributed by atoms with Gasteiger partial charge in [0, 0.05) is 0 Å². The van der Waals surface area contributed by atoms with Crippen molar-refractivity contribution in [2.24, 2.45) is 0 Å². The number of carbonyl (C=O) groups is 1. The van der Waals surface area contributed by atoms with Crippen molar-refractivity contribution in [2.75, 3.05) is 11.1 Å². The Hall–Kier alpha value is -2.26. The molecule has 118 valence electrons. The monoisotopic (exact) mass is 347 g/mol. The van der Waals surface area contributed by atoms with Crippen LogP contribution >= 0.6 is 23.1 Å². The zero-order chi connectivity index (χ0) is 16.1. The maximum absolute atomic E-state index is 12.0. The molecule has 9 heteroatoms. The van der Waals surface area contributed by atoms with Gasteiger partial charge in [0.2, 0.25) is 17.4 Å². The molecule has 0 aliphatic rings. The van der Waals surface area contributed by atoms with E-state index in [2.05, 4.69) is 25.6 Å². The number of aryl methyl sites for hydroxylation is 1. The molecule has 2 N–H and O–H groups in total. The van der Waals surface area contributed by atoms with Crippen molar-refractivity contribution in [3.05, 3.63) is 41.7 Å². The van der Waals surface area contributed by atoms with Crippen LogP contribution in [0.1, 0.15) is 11.9 Å². The molecule has 0 aliphatic carbocycles. The van der Waals surface area contributed by atoms with Crippen LogP contribution in [-0.2, 0) is 11.2 Å². The molecular weight excluding hydrogens is 332 g/mol. The summed E-state index contributed by atoms with van der Waals surface area (Å²) in [7, 11) is 0. The second kappa shape index (κ2) is 7.34. The first-order valence-electron chi connectivity index (χ1n) is 7.02. The Kier molecular flexibility index (Phi) is 4.99. The number of anilines is 1. The third kappa shape index (κ3) is 3.93. The lowest BCUT2D eigenvalue weighted by Crippen LogP contribution is -2.35.